The van der Waals surface area contributed by atoms with E-state index < -0.39 is 23.6 Å². The molecule has 1 aliphatic rings. The topological polar surface area (TPSA) is 99.1 Å². The molecule has 3 N–H and O–H groups in total. The quantitative estimate of drug-likeness (QED) is 0.658. The lowest BCUT2D eigenvalue weighted by Crippen LogP contribution is -2.52. The van der Waals surface area contributed by atoms with Crippen molar-refractivity contribution in [2.75, 3.05) is 26.8 Å². The zero-order valence-electron chi connectivity index (χ0n) is 12.1. The molecule has 0 aromatic rings. The molecule has 1 heterocycles. The summed E-state index contributed by atoms with van der Waals surface area (Å²) in [7, 11) is 1.55. The van der Waals surface area contributed by atoms with Gasteiger partial charge in [0, 0.05) is 33.1 Å². The van der Waals surface area contributed by atoms with E-state index in [1.807, 2.05) is 6.92 Å². The molecule has 1 saturated heterocycles. The molecule has 0 bridgehead atoms. The molecule has 0 spiro atoms. The fraction of sp³-hybridized carbons (Fsp3) is 0.846. The summed E-state index contributed by atoms with van der Waals surface area (Å²) in [6.45, 7) is 2.97. The number of amides is 2. The number of nitrogens with one attached hydrogen (secondary N) is 1. The van der Waals surface area contributed by atoms with E-state index in [0.29, 0.717) is 38.9 Å². The Bertz CT molecular complexity index is 342. The van der Waals surface area contributed by atoms with E-state index in [9.17, 15) is 14.7 Å². The fourth-order valence-corrected chi connectivity index (χ4v) is 2.23. The first-order valence-electron chi connectivity index (χ1n) is 6.92. The number of rotatable bonds is 6. The van der Waals surface area contributed by atoms with Crippen molar-refractivity contribution >= 4 is 12.0 Å². The number of carbonyl (C=O) groups excluding carboxylic acids is 1. The highest BCUT2D eigenvalue weighted by Gasteiger charge is 2.33. The molecule has 116 valence electrons. The Morgan fingerprint density at radius 3 is 2.50 bits per heavy atom. The zero-order chi connectivity index (χ0) is 15.2. The first-order chi connectivity index (χ1) is 9.38. The maximum atomic E-state index is 12.0. The van der Waals surface area contributed by atoms with Crippen molar-refractivity contribution in [3.63, 3.8) is 0 Å². The van der Waals surface area contributed by atoms with Gasteiger partial charge in [-0.2, -0.15) is 0 Å². The summed E-state index contributed by atoms with van der Waals surface area (Å²) in [6, 6.07) is -1.37. The largest absolute Gasteiger partial charge is 0.480 e. The van der Waals surface area contributed by atoms with Crippen LogP contribution in [-0.4, -0.2) is 65.6 Å². The number of hydrogen-bond donors (Lipinski definition) is 3. The summed E-state index contributed by atoms with van der Waals surface area (Å²) in [5.74, 6) is -1.04. The van der Waals surface area contributed by atoms with Gasteiger partial charge in [0.2, 0.25) is 0 Å². The maximum absolute atomic E-state index is 12.0. The third kappa shape index (κ3) is 4.97. The third-order valence-corrected chi connectivity index (χ3v) is 3.47. The molecule has 2 amide bonds. The highest BCUT2D eigenvalue weighted by Crippen LogP contribution is 2.21. The van der Waals surface area contributed by atoms with Crippen molar-refractivity contribution in [3.8, 4) is 0 Å². The molecule has 1 aliphatic heterocycles. The van der Waals surface area contributed by atoms with Gasteiger partial charge in [-0.3, -0.25) is 0 Å². The standard InChI is InChI=1S/C13H24N2O5/c1-3-4-10(11(16)17)14-12(18)15(2)9-13(19)5-7-20-8-6-13/h10,19H,3-9H2,1-2H3,(H,14,18)(H,16,17). The van der Waals surface area contributed by atoms with E-state index in [1.165, 1.54) is 4.90 Å². The Kier molecular flexibility index (Phi) is 6.22. The highest BCUT2D eigenvalue weighted by molar-refractivity contribution is 5.82. The van der Waals surface area contributed by atoms with Crippen LogP contribution >= 0.6 is 0 Å². The van der Waals surface area contributed by atoms with Gasteiger partial charge >= 0.3 is 12.0 Å². The van der Waals surface area contributed by atoms with E-state index in [1.54, 1.807) is 7.05 Å². The van der Waals surface area contributed by atoms with Crippen molar-refractivity contribution < 1.29 is 24.5 Å². The molecule has 20 heavy (non-hydrogen) atoms. The van der Waals surface area contributed by atoms with Gasteiger partial charge in [-0.05, 0) is 6.42 Å². The summed E-state index contributed by atoms with van der Waals surface area (Å²) in [4.78, 5) is 24.3. The Hall–Kier alpha value is -1.34. The molecule has 0 aromatic heterocycles. The van der Waals surface area contributed by atoms with E-state index in [0.717, 1.165) is 0 Å². The van der Waals surface area contributed by atoms with Crippen LogP contribution in [0.15, 0.2) is 0 Å². The van der Waals surface area contributed by atoms with Crippen LogP contribution in [0.1, 0.15) is 32.6 Å². The fourth-order valence-electron chi connectivity index (χ4n) is 2.23. The molecule has 1 atom stereocenters. The number of nitrogens with zero attached hydrogens (tertiary/aromatic N) is 1. The Labute approximate surface area is 118 Å². The van der Waals surface area contributed by atoms with Gasteiger partial charge in [0.1, 0.15) is 6.04 Å². The number of aliphatic carboxylic acids is 1. The lowest BCUT2D eigenvalue weighted by atomic mass is 9.94. The van der Waals surface area contributed by atoms with E-state index in [-0.39, 0.29) is 6.54 Å². The van der Waals surface area contributed by atoms with Crippen LogP contribution < -0.4 is 5.32 Å². The molecule has 7 nitrogen and oxygen atoms in total. The molecule has 7 heteroatoms. The molecule has 1 unspecified atom stereocenters. The normalized spacial score (nSPS) is 19.1. The second-order valence-electron chi connectivity index (χ2n) is 5.32. The predicted molar refractivity (Wildman–Crippen MR) is 72.5 cm³/mol. The highest BCUT2D eigenvalue weighted by atomic mass is 16.5. The van der Waals surface area contributed by atoms with Gasteiger partial charge in [0.15, 0.2) is 0 Å². The first-order valence-corrected chi connectivity index (χ1v) is 6.92. The van der Waals surface area contributed by atoms with Crippen LogP contribution in [0.5, 0.6) is 0 Å². The molecule has 0 aliphatic carbocycles. The number of likely N-dealkylation sites (N-methyl/N-ethyl adjacent to an activating group) is 1. The second kappa shape index (κ2) is 7.44. The van der Waals surface area contributed by atoms with Gasteiger partial charge < -0.3 is 25.2 Å². The number of carboxylic acid groups (broad SMARTS) is 1. The van der Waals surface area contributed by atoms with Gasteiger partial charge in [-0.15, -0.1) is 0 Å². The first kappa shape index (κ1) is 16.7. The summed E-state index contributed by atoms with van der Waals surface area (Å²) in [6.07, 6.45) is 2.00. The predicted octanol–water partition coefficient (Wildman–Crippen LogP) is 0.423. The zero-order valence-corrected chi connectivity index (χ0v) is 12.1. The van der Waals surface area contributed by atoms with Crippen LogP contribution in [0.4, 0.5) is 4.79 Å². The number of urea groups is 1. The Morgan fingerprint density at radius 1 is 1.40 bits per heavy atom. The van der Waals surface area contributed by atoms with Gasteiger partial charge in [0.05, 0.1) is 12.1 Å². The van der Waals surface area contributed by atoms with Gasteiger partial charge in [-0.1, -0.05) is 13.3 Å². The van der Waals surface area contributed by atoms with Crippen LogP contribution in [0.2, 0.25) is 0 Å². The average Bonchev–Trinajstić information content (AvgIpc) is 2.38. The Balaban J connectivity index is 2.51. The monoisotopic (exact) mass is 288 g/mol. The molecule has 1 rings (SSSR count). The molecule has 1 fully saturated rings. The average molecular weight is 288 g/mol. The third-order valence-electron chi connectivity index (χ3n) is 3.47. The number of aliphatic hydroxyl groups is 1. The number of carbonyl (C=O) groups is 2. The number of carboxylic acids is 1. The van der Waals surface area contributed by atoms with Crippen molar-refractivity contribution in [2.24, 2.45) is 0 Å². The van der Waals surface area contributed by atoms with E-state index in [2.05, 4.69) is 5.32 Å². The van der Waals surface area contributed by atoms with Crippen LogP contribution in [0, 0.1) is 0 Å². The molecular weight excluding hydrogens is 264 g/mol. The maximum Gasteiger partial charge on any atom is 0.326 e. The summed E-state index contributed by atoms with van der Waals surface area (Å²) in [5.41, 5.74) is -0.951. The van der Waals surface area contributed by atoms with Gasteiger partial charge in [0.25, 0.3) is 0 Å². The van der Waals surface area contributed by atoms with Gasteiger partial charge in [-0.25, -0.2) is 9.59 Å². The minimum absolute atomic E-state index is 0.167. The molecule has 0 saturated carbocycles. The number of hydrogen-bond acceptors (Lipinski definition) is 4. The minimum atomic E-state index is -1.04. The van der Waals surface area contributed by atoms with Crippen molar-refractivity contribution in [1.29, 1.82) is 0 Å². The molecule has 0 radical (unpaired) electrons. The smallest absolute Gasteiger partial charge is 0.326 e. The van der Waals surface area contributed by atoms with E-state index in [4.69, 9.17) is 9.84 Å². The minimum Gasteiger partial charge on any atom is -0.480 e. The van der Waals surface area contributed by atoms with Crippen LogP contribution in [-0.2, 0) is 9.53 Å². The van der Waals surface area contributed by atoms with Crippen LogP contribution in [0.3, 0.4) is 0 Å². The van der Waals surface area contributed by atoms with Crippen molar-refractivity contribution in [3.05, 3.63) is 0 Å². The summed E-state index contributed by atoms with van der Waals surface area (Å²) >= 11 is 0. The summed E-state index contributed by atoms with van der Waals surface area (Å²) < 4.78 is 5.18. The van der Waals surface area contributed by atoms with Crippen molar-refractivity contribution in [1.82, 2.24) is 10.2 Å². The Morgan fingerprint density at radius 2 is 2.00 bits per heavy atom. The lowest BCUT2D eigenvalue weighted by molar-refractivity contribution is -0.139. The number of ether oxygens (including phenoxy) is 1. The second-order valence-corrected chi connectivity index (χ2v) is 5.32. The SMILES string of the molecule is CCCC(NC(=O)N(C)CC1(O)CCOCC1)C(=O)O. The molecule has 0 aromatic carbocycles. The van der Waals surface area contributed by atoms with Crippen molar-refractivity contribution in [2.45, 2.75) is 44.2 Å². The van der Waals surface area contributed by atoms with E-state index >= 15 is 0 Å². The summed E-state index contributed by atoms with van der Waals surface area (Å²) in [5, 5.41) is 21.8. The molecular formula is C13H24N2O5. The van der Waals surface area contributed by atoms with Crippen LogP contribution in [0.25, 0.3) is 0 Å². The lowest BCUT2D eigenvalue weighted by Gasteiger charge is -2.35.